The first-order chi connectivity index (χ1) is 11.5. The van der Waals surface area contributed by atoms with Gasteiger partial charge in [-0.3, -0.25) is 19.3 Å². The topological polar surface area (TPSA) is 62.6 Å². The predicted molar refractivity (Wildman–Crippen MR) is 91.7 cm³/mol. The van der Waals surface area contributed by atoms with Crippen molar-refractivity contribution in [3.63, 3.8) is 0 Å². The summed E-state index contributed by atoms with van der Waals surface area (Å²) in [5.41, 5.74) is 2.11. The Balaban J connectivity index is 1.43. The van der Waals surface area contributed by atoms with Crippen LogP contribution in [0.1, 0.15) is 5.56 Å². The lowest BCUT2D eigenvalue weighted by atomic mass is 10.0. The summed E-state index contributed by atoms with van der Waals surface area (Å²) in [4.78, 5) is 38.9. The molecule has 0 bridgehead atoms. The Hall–Kier alpha value is -2.28. The monoisotopic (exact) mass is 343 g/mol. The number of hydrogen-bond acceptors (Lipinski definition) is 4. The Morgan fingerprint density at radius 2 is 2.00 bits per heavy atom. The van der Waals surface area contributed by atoms with E-state index >= 15 is 0 Å². The molecule has 0 radical (unpaired) electrons. The van der Waals surface area contributed by atoms with Crippen molar-refractivity contribution in [1.29, 1.82) is 0 Å². The van der Waals surface area contributed by atoms with Crippen molar-refractivity contribution >= 4 is 39.7 Å². The summed E-state index contributed by atoms with van der Waals surface area (Å²) in [7, 11) is 1.97. The first kappa shape index (κ1) is 15.3. The van der Waals surface area contributed by atoms with Gasteiger partial charge in [-0.25, -0.2) is 0 Å². The molecule has 0 aliphatic carbocycles. The lowest BCUT2D eigenvalue weighted by Crippen LogP contribution is -2.62. The molecule has 0 N–H and O–H groups in total. The predicted octanol–water partition coefficient (Wildman–Crippen LogP) is 1.63. The van der Waals surface area contributed by atoms with E-state index < -0.39 is 0 Å². The van der Waals surface area contributed by atoms with Crippen molar-refractivity contribution in [1.82, 2.24) is 14.4 Å². The van der Waals surface area contributed by atoms with E-state index in [1.54, 1.807) is 4.90 Å². The number of aryl methyl sites for hydroxylation is 1. The number of aromatic nitrogens is 1. The number of benzene rings is 1. The van der Waals surface area contributed by atoms with Crippen LogP contribution in [0.5, 0.6) is 0 Å². The van der Waals surface area contributed by atoms with Gasteiger partial charge < -0.3 is 9.47 Å². The second-order valence-electron chi connectivity index (χ2n) is 6.23. The summed E-state index contributed by atoms with van der Waals surface area (Å²) < 4.78 is 2.02. The molecule has 0 saturated carbocycles. The van der Waals surface area contributed by atoms with Crippen molar-refractivity contribution < 1.29 is 14.4 Å². The molecule has 0 unspecified atom stereocenters. The summed E-state index contributed by atoms with van der Waals surface area (Å²) in [6.07, 6.45) is 2.33. The fourth-order valence-electron chi connectivity index (χ4n) is 3.38. The number of likely N-dealkylation sites (tertiary alicyclic amines) is 1. The second-order valence-corrected chi connectivity index (χ2v) is 7.16. The van der Waals surface area contributed by atoms with Gasteiger partial charge in [0, 0.05) is 37.2 Å². The van der Waals surface area contributed by atoms with Gasteiger partial charge in [0.2, 0.25) is 11.8 Å². The van der Waals surface area contributed by atoms with Crippen molar-refractivity contribution in [2.75, 3.05) is 18.8 Å². The maximum Gasteiger partial charge on any atom is 0.289 e. The standard InChI is InChI=1S/C17H17N3O3S/c1-18-7-11(13-4-2-3-5-14(13)18)6-15(21)19-8-12(9-19)20-16(22)10-24-17(20)23/h2-5,7,12H,6,8-10H2,1H3. The van der Waals surface area contributed by atoms with Gasteiger partial charge in [0.15, 0.2) is 0 Å². The normalized spacial score (nSPS) is 18.5. The molecule has 2 saturated heterocycles. The maximum atomic E-state index is 12.5. The minimum absolute atomic E-state index is 0.0364. The fraction of sp³-hybridized carbons (Fsp3) is 0.353. The molecule has 6 nitrogen and oxygen atoms in total. The van der Waals surface area contributed by atoms with Crippen LogP contribution < -0.4 is 0 Å². The SMILES string of the molecule is Cn1cc(CC(=O)N2CC(N3C(=O)CSC3=O)C2)c2ccccc21. The Kier molecular flexibility index (Phi) is 3.60. The summed E-state index contributed by atoms with van der Waals surface area (Å²) in [6, 6.07) is 7.85. The van der Waals surface area contributed by atoms with Gasteiger partial charge in [-0.2, -0.15) is 0 Å². The lowest BCUT2D eigenvalue weighted by Gasteiger charge is -2.42. The zero-order valence-corrected chi connectivity index (χ0v) is 14.1. The first-order valence-corrected chi connectivity index (χ1v) is 8.82. The van der Waals surface area contributed by atoms with Gasteiger partial charge in [-0.15, -0.1) is 0 Å². The molecular weight excluding hydrogens is 326 g/mol. The molecule has 4 rings (SSSR count). The molecule has 3 heterocycles. The third-order valence-electron chi connectivity index (χ3n) is 4.69. The quantitative estimate of drug-likeness (QED) is 0.850. The molecule has 1 aromatic carbocycles. The van der Waals surface area contributed by atoms with E-state index in [2.05, 4.69) is 0 Å². The zero-order valence-electron chi connectivity index (χ0n) is 13.3. The third kappa shape index (κ3) is 2.39. The number of thioether (sulfide) groups is 1. The number of rotatable bonds is 3. The number of para-hydroxylation sites is 1. The van der Waals surface area contributed by atoms with E-state index in [1.165, 1.54) is 4.90 Å². The number of nitrogens with zero attached hydrogens (tertiary/aromatic N) is 3. The van der Waals surface area contributed by atoms with Gasteiger partial charge in [-0.05, 0) is 11.6 Å². The van der Waals surface area contributed by atoms with Crippen LogP contribution in [0.3, 0.4) is 0 Å². The molecule has 0 spiro atoms. The average molecular weight is 343 g/mol. The highest BCUT2D eigenvalue weighted by Crippen LogP contribution is 2.27. The van der Waals surface area contributed by atoms with E-state index in [0.29, 0.717) is 19.5 Å². The summed E-state index contributed by atoms with van der Waals surface area (Å²) in [5.74, 6) is 0.115. The lowest BCUT2D eigenvalue weighted by molar-refractivity contribution is -0.141. The van der Waals surface area contributed by atoms with E-state index in [1.807, 2.05) is 42.1 Å². The van der Waals surface area contributed by atoms with Crippen LogP contribution in [0.15, 0.2) is 30.5 Å². The van der Waals surface area contributed by atoms with Crippen LogP contribution in [-0.2, 0) is 23.1 Å². The number of carbonyl (C=O) groups is 3. The Morgan fingerprint density at radius 1 is 1.25 bits per heavy atom. The summed E-state index contributed by atoms with van der Waals surface area (Å²) >= 11 is 1.04. The smallest absolute Gasteiger partial charge is 0.289 e. The van der Waals surface area contributed by atoms with Gasteiger partial charge >= 0.3 is 0 Å². The molecule has 3 amide bonds. The average Bonchev–Trinajstić information content (AvgIpc) is 3.01. The molecular formula is C17H17N3O3S. The van der Waals surface area contributed by atoms with Crippen molar-refractivity contribution in [3.8, 4) is 0 Å². The summed E-state index contributed by atoms with van der Waals surface area (Å²) in [6.45, 7) is 0.892. The minimum atomic E-state index is -0.189. The first-order valence-electron chi connectivity index (χ1n) is 7.84. The van der Waals surface area contributed by atoms with Crippen molar-refractivity contribution in [2.24, 2.45) is 7.05 Å². The molecule has 2 aliphatic rings. The Bertz CT molecular complexity index is 838. The number of amides is 3. The molecule has 24 heavy (non-hydrogen) atoms. The maximum absolute atomic E-state index is 12.5. The van der Waals surface area contributed by atoms with Crippen LogP contribution in [0.25, 0.3) is 10.9 Å². The van der Waals surface area contributed by atoms with Crippen LogP contribution in [0.2, 0.25) is 0 Å². The van der Waals surface area contributed by atoms with Crippen molar-refractivity contribution in [3.05, 3.63) is 36.0 Å². The number of fused-ring (bicyclic) bond motifs is 1. The van der Waals surface area contributed by atoms with E-state index in [4.69, 9.17) is 0 Å². The minimum Gasteiger partial charge on any atom is -0.350 e. The van der Waals surface area contributed by atoms with E-state index in [-0.39, 0.29) is 28.8 Å². The molecule has 2 aliphatic heterocycles. The second kappa shape index (κ2) is 5.66. The van der Waals surface area contributed by atoms with Crippen LogP contribution in [-0.4, -0.2) is 56.3 Å². The highest BCUT2D eigenvalue weighted by atomic mass is 32.2. The van der Waals surface area contributed by atoms with E-state index in [9.17, 15) is 14.4 Å². The number of imide groups is 1. The summed E-state index contributed by atoms with van der Waals surface area (Å²) in [5, 5.41) is 0.901. The third-order valence-corrected chi connectivity index (χ3v) is 5.52. The molecule has 2 fully saturated rings. The molecule has 2 aromatic rings. The largest absolute Gasteiger partial charge is 0.350 e. The van der Waals surface area contributed by atoms with E-state index in [0.717, 1.165) is 28.2 Å². The molecule has 1 aromatic heterocycles. The van der Waals surface area contributed by atoms with Gasteiger partial charge in [-0.1, -0.05) is 30.0 Å². The van der Waals surface area contributed by atoms with Crippen molar-refractivity contribution in [2.45, 2.75) is 12.5 Å². The molecule has 0 atom stereocenters. The van der Waals surface area contributed by atoms with Gasteiger partial charge in [0.05, 0.1) is 18.2 Å². The zero-order chi connectivity index (χ0) is 16.8. The number of hydrogen-bond donors (Lipinski definition) is 0. The molecule has 7 heteroatoms. The Morgan fingerprint density at radius 3 is 2.71 bits per heavy atom. The fourth-order valence-corrected chi connectivity index (χ4v) is 4.16. The number of carbonyl (C=O) groups excluding carboxylic acids is 3. The highest BCUT2D eigenvalue weighted by Gasteiger charge is 2.43. The molecule has 124 valence electrons. The highest BCUT2D eigenvalue weighted by molar-refractivity contribution is 8.14. The van der Waals surface area contributed by atoms with Gasteiger partial charge in [0.1, 0.15) is 0 Å². The van der Waals surface area contributed by atoms with Crippen LogP contribution in [0.4, 0.5) is 4.79 Å². The van der Waals surface area contributed by atoms with Gasteiger partial charge in [0.25, 0.3) is 5.24 Å². The van der Waals surface area contributed by atoms with Crippen LogP contribution in [0, 0.1) is 0 Å². The Labute approximate surface area is 143 Å². The van der Waals surface area contributed by atoms with Crippen LogP contribution >= 0.6 is 11.8 Å².